The van der Waals surface area contributed by atoms with E-state index in [0.717, 1.165) is 6.54 Å². The summed E-state index contributed by atoms with van der Waals surface area (Å²) in [6.07, 6.45) is 0.00796. The lowest BCUT2D eigenvalue weighted by Gasteiger charge is -2.30. The Morgan fingerprint density at radius 2 is 1.90 bits per heavy atom. The van der Waals surface area contributed by atoms with Crippen molar-refractivity contribution in [3.05, 3.63) is 34.9 Å². The van der Waals surface area contributed by atoms with Gasteiger partial charge in [0.05, 0.1) is 6.04 Å². The van der Waals surface area contributed by atoms with Gasteiger partial charge in [-0.15, -0.1) is 0 Å². The van der Waals surface area contributed by atoms with Crippen molar-refractivity contribution in [2.24, 2.45) is 11.8 Å². The van der Waals surface area contributed by atoms with Gasteiger partial charge in [0.25, 0.3) is 0 Å². The van der Waals surface area contributed by atoms with Crippen LogP contribution < -0.4 is 5.32 Å². The van der Waals surface area contributed by atoms with Crippen LogP contribution >= 0.6 is 0 Å². The van der Waals surface area contributed by atoms with Crippen molar-refractivity contribution in [1.82, 2.24) is 10.2 Å². The SMILES string of the molecule is Cc1ccc(C)c(C2NC(C)C(=O)N2CC(C)C(C)C)c1. The summed E-state index contributed by atoms with van der Waals surface area (Å²) in [5, 5.41) is 3.46. The first kappa shape index (κ1) is 16.0. The van der Waals surface area contributed by atoms with Crippen LogP contribution in [-0.2, 0) is 4.79 Å². The Balaban J connectivity index is 2.31. The molecule has 3 nitrogen and oxygen atoms in total. The molecule has 1 aromatic rings. The fourth-order valence-electron chi connectivity index (χ4n) is 2.80. The average molecular weight is 288 g/mol. The van der Waals surface area contributed by atoms with Crippen molar-refractivity contribution in [2.45, 2.75) is 53.8 Å². The highest BCUT2D eigenvalue weighted by molar-refractivity contribution is 5.84. The zero-order valence-corrected chi connectivity index (χ0v) is 14.1. The van der Waals surface area contributed by atoms with E-state index >= 15 is 0 Å². The number of nitrogens with one attached hydrogen (secondary N) is 1. The molecule has 0 saturated carbocycles. The third kappa shape index (κ3) is 3.29. The predicted molar refractivity (Wildman–Crippen MR) is 87.0 cm³/mol. The van der Waals surface area contributed by atoms with Gasteiger partial charge in [-0.05, 0) is 43.7 Å². The summed E-state index contributed by atoms with van der Waals surface area (Å²) in [6, 6.07) is 6.37. The molecule has 1 fully saturated rings. The molecule has 1 aliphatic heterocycles. The molecule has 0 aromatic heterocycles. The van der Waals surface area contributed by atoms with Crippen LogP contribution in [0.2, 0.25) is 0 Å². The molecule has 1 amide bonds. The minimum absolute atomic E-state index is 0.00796. The normalized spacial score (nSPS) is 24.0. The molecule has 1 heterocycles. The van der Waals surface area contributed by atoms with Crippen molar-refractivity contribution >= 4 is 5.91 Å². The van der Waals surface area contributed by atoms with Gasteiger partial charge < -0.3 is 4.90 Å². The topological polar surface area (TPSA) is 32.3 Å². The molecular formula is C18H28N2O. The van der Waals surface area contributed by atoms with Gasteiger partial charge >= 0.3 is 0 Å². The number of carbonyl (C=O) groups is 1. The smallest absolute Gasteiger partial charge is 0.241 e. The Morgan fingerprint density at radius 3 is 2.52 bits per heavy atom. The first-order valence-corrected chi connectivity index (χ1v) is 7.95. The standard InChI is InChI=1S/C18H28N2O/c1-11(2)14(5)10-20-17(19-15(6)18(20)21)16-9-12(3)7-8-13(16)4/h7-9,11,14-15,17,19H,10H2,1-6H3. The number of amides is 1. The lowest BCUT2D eigenvalue weighted by atomic mass is 9.96. The van der Waals surface area contributed by atoms with Gasteiger partial charge in [-0.3, -0.25) is 10.1 Å². The van der Waals surface area contributed by atoms with Gasteiger partial charge in [-0.25, -0.2) is 0 Å². The van der Waals surface area contributed by atoms with Crippen LogP contribution in [-0.4, -0.2) is 23.4 Å². The average Bonchev–Trinajstić information content (AvgIpc) is 2.69. The number of carbonyl (C=O) groups excluding carboxylic acids is 1. The monoisotopic (exact) mass is 288 g/mol. The largest absolute Gasteiger partial charge is 0.321 e. The van der Waals surface area contributed by atoms with Crippen LogP contribution in [0.1, 0.15) is 50.6 Å². The molecule has 1 aliphatic rings. The van der Waals surface area contributed by atoms with Crippen LogP contribution in [0, 0.1) is 25.7 Å². The third-order valence-corrected chi connectivity index (χ3v) is 4.73. The molecule has 0 radical (unpaired) electrons. The molecule has 0 spiro atoms. The molecule has 116 valence electrons. The lowest BCUT2D eigenvalue weighted by molar-refractivity contribution is -0.130. The summed E-state index contributed by atoms with van der Waals surface area (Å²) in [5.41, 5.74) is 3.70. The van der Waals surface area contributed by atoms with Crippen molar-refractivity contribution in [1.29, 1.82) is 0 Å². The quantitative estimate of drug-likeness (QED) is 0.921. The molecule has 0 aliphatic carbocycles. The van der Waals surface area contributed by atoms with Gasteiger partial charge in [0.15, 0.2) is 0 Å². The Labute approximate surface area is 128 Å². The summed E-state index contributed by atoms with van der Waals surface area (Å²) in [7, 11) is 0. The Hall–Kier alpha value is -1.35. The highest BCUT2D eigenvalue weighted by Crippen LogP contribution is 2.30. The second-order valence-electron chi connectivity index (χ2n) is 6.86. The molecule has 3 atom stereocenters. The van der Waals surface area contributed by atoms with E-state index in [0.29, 0.717) is 11.8 Å². The van der Waals surface area contributed by atoms with Gasteiger partial charge in [-0.1, -0.05) is 44.5 Å². The molecule has 1 saturated heterocycles. The lowest BCUT2D eigenvalue weighted by Crippen LogP contribution is -2.36. The number of benzene rings is 1. The van der Waals surface area contributed by atoms with Gasteiger partial charge in [-0.2, -0.15) is 0 Å². The number of hydrogen-bond donors (Lipinski definition) is 1. The minimum atomic E-state index is -0.103. The summed E-state index contributed by atoms with van der Waals surface area (Å²) < 4.78 is 0. The summed E-state index contributed by atoms with van der Waals surface area (Å²) in [4.78, 5) is 14.5. The van der Waals surface area contributed by atoms with E-state index in [2.05, 4.69) is 58.1 Å². The molecule has 0 bridgehead atoms. The van der Waals surface area contributed by atoms with E-state index in [1.165, 1.54) is 16.7 Å². The van der Waals surface area contributed by atoms with Crippen LogP contribution in [0.3, 0.4) is 0 Å². The van der Waals surface area contributed by atoms with Crippen molar-refractivity contribution < 1.29 is 4.79 Å². The van der Waals surface area contributed by atoms with E-state index in [4.69, 9.17) is 0 Å². The van der Waals surface area contributed by atoms with Crippen molar-refractivity contribution in [3.8, 4) is 0 Å². The maximum atomic E-state index is 12.5. The van der Waals surface area contributed by atoms with E-state index in [9.17, 15) is 4.79 Å². The predicted octanol–water partition coefficient (Wildman–Crippen LogP) is 3.41. The van der Waals surface area contributed by atoms with Gasteiger partial charge in [0, 0.05) is 6.54 Å². The fourth-order valence-corrected chi connectivity index (χ4v) is 2.80. The number of nitrogens with zero attached hydrogens (tertiary/aromatic N) is 1. The first-order valence-electron chi connectivity index (χ1n) is 7.95. The molecular weight excluding hydrogens is 260 g/mol. The van der Waals surface area contributed by atoms with Crippen molar-refractivity contribution in [2.75, 3.05) is 6.54 Å². The molecule has 1 aromatic carbocycles. The Bertz CT molecular complexity index is 524. The Kier molecular flexibility index (Phi) is 4.72. The highest BCUT2D eigenvalue weighted by atomic mass is 16.2. The maximum absolute atomic E-state index is 12.5. The highest BCUT2D eigenvalue weighted by Gasteiger charge is 2.38. The zero-order chi connectivity index (χ0) is 15.7. The van der Waals surface area contributed by atoms with Crippen molar-refractivity contribution in [3.63, 3.8) is 0 Å². The number of hydrogen-bond acceptors (Lipinski definition) is 2. The molecule has 2 rings (SSSR count). The number of aryl methyl sites for hydroxylation is 2. The fraction of sp³-hybridized carbons (Fsp3) is 0.611. The van der Waals surface area contributed by atoms with E-state index in [1.807, 2.05) is 11.8 Å². The van der Waals surface area contributed by atoms with Crippen LogP contribution in [0.4, 0.5) is 0 Å². The summed E-state index contributed by atoms with van der Waals surface area (Å²) in [6.45, 7) is 13.6. The zero-order valence-electron chi connectivity index (χ0n) is 14.1. The molecule has 3 heteroatoms. The Morgan fingerprint density at radius 1 is 1.24 bits per heavy atom. The molecule has 21 heavy (non-hydrogen) atoms. The first-order chi connectivity index (χ1) is 9.81. The van der Waals surface area contributed by atoms with E-state index < -0.39 is 0 Å². The van der Waals surface area contributed by atoms with Gasteiger partial charge in [0.2, 0.25) is 5.91 Å². The maximum Gasteiger partial charge on any atom is 0.241 e. The minimum Gasteiger partial charge on any atom is -0.321 e. The van der Waals surface area contributed by atoms with E-state index in [-0.39, 0.29) is 18.1 Å². The number of rotatable bonds is 4. The van der Waals surface area contributed by atoms with E-state index in [1.54, 1.807) is 0 Å². The van der Waals surface area contributed by atoms with Crippen LogP contribution in [0.5, 0.6) is 0 Å². The van der Waals surface area contributed by atoms with Crippen LogP contribution in [0.25, 0.3) is 0 Å². The van der Waals surface area contributed by atoms with Crippen LogP contribution in [0.15, 0.2) is 18.2 Å². The summed E-state index contributed by atoms with van der Waals surface area (Å²) in [5.74, 6) is 1.29. The molecule has 3 unspecified atom stereocenters. The second-order valence-corrected chi connectivity index (χ2v) is 6.86. The second kappa shape index (κ2) is 6.18. The summed E-state index contributed by atoms with van der Waals surface area (Å²) >= 11 is 0. The van der Waals surface area contributed by atoms with Gasteiger partial charge in [0.1, 0.15) is 6.17 Å². The third-order valence-electron chi connectivity index (χ3n) is 4.73. The molecule has 1 N–H and O–H groups in total.